The van der Waals surface area contributed by atoms with E-state index in [2.05, 4.69) is 20.3 Å². The van der Waals surface area contributed by atoms with Gasteiger partial charge in [-0.1, -0.05) is 11.8 Å². The van der Waals surface area contributed by atoms with Crippen molar-refractivity contribution in [2.75, 3.05) is 5.75 Å². The summed E-state index contributed by atoms with van der Waals surface area (Å²) in [6, 6.07) is 1.88. The lowest BCUT2D eigenvalue weighted by Gasteiger charge is -1.98. The van der Waals surface area contributed by atoms with Gasteiger partial charge >= 0.3 is 0 Å². The van der Waals surface area contributed by atoms with Crippen molar-refractivity contribution in [2.24, 2.45) is 4.99 Å². The fourth-order valence-electron chi connectivity index (χ4n) is 1.23. The molecule has 0 spiro atoms. The molecule has 1 aliphatic rings. The van der Waals surface area contributed by atoms with Crippen LogP contribution >= 0.6 is 11.8 Å². The molecule has 0 saturated carbocycles. The van der Waals surface area contributed by atoms with Crippen molar-refractivity contribution in [2.45, 2.75) is 13.8 Å². The minimum atomic E-state index is -0.0249. The summed E-state index contributed by atoms with van der Waals surface area (Å²) in [5, 5.41) is 3.21. The number of nitrogens with one attached hydrogen (secondary N) is 1. The number of aliphatic imine (C=N–C) groups is 1. The Kier molecular flexibility index (Phi) is 2.68. The molecule has 1 saturated heterocycles. The monoisotopic (exact) mass is 222 g/mol. The van der Waals surface area contributed by atoms with Crippen LogP contribution in [0.4, 0.5) is 5.95 Å². The topological polar surface area (TPSA) is 67.2 Å². The van der Waals surface area contributed by atoms with Crippen molar-refractivity contribution in [3.05, 3.63) is 17.5 Å². The fourth-order valence-corrected chi connectivity index (χ4v) is 1.91. The Balaban J connectivity index is 2.27. The molecule has 2 heterocycles. The van der Waals surface area contributed by atoms with Crippen molar-refractivity contribution < 1.29 is 4.79 Å². The molecule has 0 aromatic carbocycles. The summed E-state index contributed by atoms with van der Waals surface area (Å²) in [6.45, 7) is 3.78. The molecule has 5 nitrogen and oxygen atoms in total. The summed E-state index contributed by atoms with van der Waals surface area (Å²) < 4.78 is 0. The molecular weight excluding hydrogens is 212 g/mol. The lowest BCUT2D eigenvalue weighted by molar-refractivity contribution is -0.116. The van der Waals surface area contributed by atoms with Crippen molar-refractivity contribution in [3.63, 3.8) is 0 Å². The molecule has 1 fully saturated rings. The van der Waals surface area contributed by atoms with E-state index in [1.54, 1.807) is 0 Å². The van der Waals surface area contributed by atoms with Crippen LogP contribution in [0.2, 0.25) is 0 Å². The normalized spacial score (nSPS) is 18.3. The van der Waals surface area contributed by atoms with E-state index in [0.717, 1.165) is 11.4 Å². The van der Waals surface area contributed by atoms with Gasteiger partial charge in [0.2, 0.25) is 5.91 Å². The third-order valence-electron chi connectivity index (χ3n) is 1.76. The summed E-state index contributed by atoms with van der Waals surface area (Å²) in [4.78, 5) is 23.4. The lowest BCUT2D eigenvalue weighted by atomic mass is 10.4. The number of amidine groups is 1. The lowest BCUT2D eigenvalue weighted by Crippen LogP contribution is -2.19. The first-order valence-corrected chi connectivity index (χ1v) is 5.46. The molecule has 6 heteroatoms. The summed E-state index contributed by atoms with van der Waals surface area (Å²) >= 11 is 1.37. The second-order valence-electron chi connectivity index (χ2n) is 3.20. The second-order valence-corrected chi connectivity index (χ2v) is 4.17. The van der Waals surface area contributed by atoms with E-state index in [1.165, 1.54) is 11.8 Å². The molecule has 2 rings (SSSR count). The van der Waals surface area contributed by atoms with Gasteiger partial charge in [-0.15, -0.1) is 0 Å². The highest BCUT2D eigenvalue weighted by Gasteiger charge is 2.16. The van der Waals surface area contributed by atoms with Crippen molar-refractivity contribution >= 4 is 28.8 Å². The fraction of sp³-hybridized carbons (Fsp3) is 0.333. The van der Waals surface area contributed by atoms with E-state index in [0.29, 0.717) is 16.9 Å². The van der Waals surface area contributed by atoms with Crippen LogP contribution in [-0.2, 0) is 4.79 Å². The number of hydrogen-bond acceptors (Lipinski definition) is 5. The van der Waals surface area contributed by atoms with Crippen LogP contribution in [0.25, 0.3) is 0 Å². The van der Waals surface area contributed by atoms with Gasteiger partial charge in [0.15, 0.2) is 5.17 Å². The largest absolute Gasteiger partial charge is 0.304 e. The van der Waals surface area contributed by atoms with Crippen molar-refractivity contribution in [3.8, 4) is 0 Å². The number of thioether (sulfide) groups is 1. The van der Waals surface area contributed by atoms with Crippen LogP contribution in [-0.4, -0.2) is 26.8 Å². The number of aromatic nitrogens is 2. The second kappa shape index (κ2) is 3.98. The summed E-state index contributed by atoms with van der Waals surface area (Å²) in [5.41, 5.74) is 1.74. The molecule has 1 aromatic rings. The summed E-state index contributed by atoms with van der Waals surface area (Å²) in [7, 11) is 0. The molecule has 0 radical (unpaired) electrons. The number of aryl methyl sites for hydroxylation is 2. The average molecular weight is 222 g/mol. The Morgan fingerprint density at radius 1 is 1.40 bits per heavy atom. The minimum Gasteiger partial charge on any atom is -0.304 e. The van der Waals surface area contributed by atoms with Crippen LogP contribution in [0.5, 0.6) is 0 Å². The first-order chi connectivity index (χ1) is 7.13. The molecule has 78 valence electrons. The van der Waals surface area contributed by atoms with Gasteiger partial charge in [0.25, 0.3) is 5.95 Å². The van der Waals surface area contributed by atoms with Crippen LogP contribution in [0.3, 0.4) is 0 Å². The first kappa shape index (κ1) is 10.1. The molecule has 1 aliphatic heterocycles. The number of carbonyl (C=O) groups is 1. The first-order valence-electron chi connectivity index (χ1n) is 4.47. The van der Waals surface area contributed by atoms with E-state index in [-0.39, 0.29) is 5.91 Å². The quantitative estimate of drug-likeness (QED) is 0.768. The maximum Gasteiger partial charge on any atom is 0.252 e. The predicted molar refractivity (Wildman–Crippen MR) is 59.2 cm³/mol. The van der Waals surface area contributed by atoms with Gasteiger partial charge in [0, 0.05) is 11.4 Å². The Labute approximate surface area is 91.4 Å². The zero-order valence-electron chi connectivity index (χ0n) is 8.44. The molecule has 1 aromatic heterocycles. The van der Waals surface area contributed by atoms with E-state index in [1.807, 2.05) is 19.9 Å². The molecule has 1 N–H and O–H groups in total. The maximum atomic E-state index is 10.9. The molecule has 1 amide bonds. The average Bonchev–Trinajstić information content (AvgIpc) is 2.49. The number of carbonyl (C=O) groups excluding carboxylic acids is 1. The van der Waals surface area contributed by atoms with E-state index in [4.69, 9.17) is 0 Å². The molecular formula is C9H10N4OS. The number of hydrogen-bond donors (Lipinski definition) is 1. The van der Waals surface area contributed by atoms with Gasteiger partial charge in [0.1, 0.15) is 0 Å². The third kappa shape index (κ3) is 2.53. The summed E-state index contributed by atoms with van der Waals surface area (Å²) in [5.74, 6) is 0.796. The van der Waals surface area contributed by atoms with Gasteiger partial charge in [-0.25, -0.2) is 9.97 Å². The van der Waals surface area contributed by atoms with Crippen LogP contribution in [0.1, 0.15) is 11.4 Å². The Morgan fingerprint density at radius 3 is 2.60 bits per heavy atom. The van der Waals surface area contributed by atoms with Crippen LogP contribution in [0.15, 0.2) is 11.1 Å². The number of amides is 1. The van der Waals surface area contributed by atoms with Crippen LogP contribution < -0.4 is 5.32 Å². The van der Waals surface area contributed by atoms with E-state index in [9.17, 15) is 4.79 Å². The highest BCUT2D eigenvalue weighted by Crippen LogP contribution is 2.14. The number of nitrogens with zero attached hydrogens (tertiary/aromatic N) is 3. The highest BCUT2D eigenvalue weighted by molar-refractivity contribution is 8.15. The zero-order valence-corrected chi connectivity index (χ0v) is 9.26. The molecule has 0 bridgehead atoms. The molecule has 0 aliphatic carbocycles. The SMILES string of the molecule is Cc1cc(C)nc(/N=C2\NC(=O)CS2)n1. The third-order valence-corrected chi connectivity index (χ3v) is 2.63. The van der Waals surface area contributed by atoms with Gasteiger partial charge < -0.3 is 5.32 Å². The summed E-state index contributed by atoms with van der Waals surface area (Å²) in [6.07, 6.45) is 0. The van der Waals surface area contributed by atoms with E-state index >= 15 is 0 Å². The van der Waals surface area contributed by atoms with Gasteiger partial charge in [-0.05, 0) is 19.9 Å². The highest BCUT2D eigenvalue weighted by atomic mass is 32.2. The maximum absolute atomic E-state index is 10.9. The zero-order chi connectivity index (χ0) is 10.8. The van der Waals surface area contributed by atoms with Gasteiger partial charge in [-0.3, -0.25) is 4.79 Å². The van der Waals surface area contributed by atoms with Crippen molar-refractivity contribution in [1.82, 2.24) is 15.3 Å². The standard InChI is InChI=1S/C9H10N4OS/c1-5-3-6(2)11-8(10-5)13-9-12-7(14)4-15-9/h3H,4H2,1-2H3,(H,10,11,12,13,14). The Hall–Kier alpha value is -1.43. The smallest absolute Gasteiger partial charge is 0.252 e. The number of rotatable bonds is 1. The van der Waals surface area contributed by atoms with Crippen LogP contribution in [0, 0.1) is 13.8 Å². The van der Waals surface area contributed by atoms with Gasteiger partial charge in [0.05, 0.1) is 5.75 Å². The van der Waals surface area contributed by atoms with E-state index < -0.39 is 0 Å². The molecule has 15 heavy (non-hydrogen) atoms. The predicted octanol–water partition coefficient (Wildman–Crippen LogP) is 0.944. The minimum absolute atomic E-state index is 0.0249. The molecule has 0 unspecified atom stereocenters. The van der Waals surface area contributed by atoms with Crippen molar-refractivity contribution in [1.29, 1.82) is 0 Å². The molecule has 0 atom stereocenters. The Morgan fingerprint density at radius 2 is 2.07 bits per heavy atom. The van der Waals surface area contributed by atoms with Gasteiger partial charge in [-0.2, -0.15) is 4.99 Å². The Bertz CT molecular complexity index is 423.